The molecule has 14 nitrogen and oxygen atoms in total. The number of anilines is 1. The van der Waals surface area contributed by atoms with Gasteiger partial charge in [-0.2, -0.15) is 5.26 Å². The molecule has 2 heterocycles. The SMILES string of the molecule is N#Cc1c(N)n(-c2cccc(S(N)(=O)=O)c2)c2nc3cc([N+](=O)[O-])c([N+](=O)[O-])cc3nc12. The molecule has 0 unspecified atom stereocenters. The summed E-state index contributed by atoms with van der Waals surface area (Å²) in [6, 6.07) is 8.99. The molecule has 0 aliphatic rings. The molecule has 2 aromatic carbocycles. The molecular weight excluding hydrogens is 444 g/mol. The number of hydrogen-bond donors (Lipinski definition) is 2. The van der Waals surface area contributed by atoms with Crippen LogP contribution in [0.4, 0.5) is 17.2 Å². The highest BCUT2D eigenvalue weighted by Gasteiger charge is 2.27. The van der Waals surface area contributed by atoms with Crippen LogP contribution in [0, 0.1) is 31.6 Å². The van der Waals surface area contributed by atoms with Gasteiger partial charge in [-0.05, 0) is 18.2 Å². The van der Waals surface area contributed by atoms with Gasteiger partial charge in [-0.15, -0.1) is 0 Å². The quantitative estimate of drug-likeness (QED) is 0.333. The number of fused-ring (bicyclic) bond motifs is 2. The molecule has 0 atom stereocenters. The average Bonchev–Trinajstić information content (AvgIpc) is 3.00. The molecule has 160 valence electrons. The minimum absolute atomic E-state index is 0.0127. The van der Waals surface area contributed by atoms with Gasteiger partial charge < -0.3 is 5.73 Å². The maximum Gasteiger partial charge on any atom is 0.348 e. The second-order valence-electron chi connectivity index (χ2n) is 6.49. The lowest BCUT2D eigenvalue weighted by molar-refractivity contribution is -0.422. The Morgan fingerprint density at radius 1 is 1.03 bits per heavy atom. The van der Waals surface area contributed by atoms with Crippen LogP contribution in [0.1, 0.15) is 5.56 Å². The van der Waals surface area contributed by atoms with Crippen molar-refractivity contribution in [2.75, 3.05) is 5.73 Å². The van der Waals surface area contributed by atoms with E-state index in [0.717, 1.165) is 12.1 Å². The molecule has 4 aromatic rings. The second-order valence-corrected chi connectivity index (χ2v) is 8.05. The normalized spacial score (nSPS) is 11.5. The van der Waals surface area contributed by atoms with Crippen molar-refractivity contribution < 1.29 is 18.3 Å². The van der Waals surface area contributed by atoms with Crippen LogP contribution in [0.5, 0.6) is 0 Å². The van der Waals surface area contributed by atoms with Crippen molar-refractivity contribution in [1.82, 2.24) is 14.5 Å². The number of rotatable bonds is 4. The third-order valence-electron chi connectivity index (χ3n) is 4.60. The number of hydrogen-bond acceptors (Lipinski definition) is 10. The van der Waals surface area contributed by atoms with E-state index in [2.05, 4.69) is 9.97 Å². The van der Waals surface area contributed by atoms with Crippen LogP contribution in [0.3, 0.4) is 0 Å². The number of nitrogens with zero attached hydrogens (tertiary/aromatic N) is 6. The largest absolute Gasteiger partial charge is 0.384 e. The van der Waals surface area contributed by atoms with E-state index in [9.17, 15) is 33.9 Å². The van der Waals surface area contributed by atoms with Gasteiger partial charge in [0, 0.05) is 0 Å². The van der Waals surface area contributed by atoms with Crippen molar-refractivity contribution in [2.45, 2.75) is 4.90 Å². The zero-order valence-electron chi connectivity index (χ0n) is 15.7. The Balaban J connectivity index is 2.12. The maximum absolute atomic E-state index is 11.7. The second kappa shape index (κ2) is 6.94. The number of nitrogen functional groups attached to an aromatic ring is 1. The van der Waals surface area contributed by atoms with Crippen LogP contribution >= 0.6 is 0 Å². The Labute approximate surface area is 177 Å². The standard InChI is InChI=1S/C17H10N8O6S/c18-7-10-15-17(23(16(10)19)8-2-1-3-9(4-8)32(20,30)31)22-12-6-14(25(28)29)13(24(26)27)5-11(12)21-15/h1-6H,19H2,(H2,20,30,31). The van der Waals surface area contributed by atoms with Crippen LogP contribution in [-0.4, -0.2) is 32.8 Å². The van der Waals surface area contributed by atoms with Gasteiger partial charge >= 0.3 is 11.4 Å². The fraction of sp³-hybridized carbons (Fsp3) is 0. The Morgan fingerprint density at radius 3 is 2.16 bits per heavy atom. The molecule has 4 rings (SSSR count). The Kier molecular flexibility index (Phi) is 4.46. The topological polar surface area (TPSA) is 227 Å². The van der Waals surface area contributed by atoms with Crippen LogP contribution in [-0.2, 0) is 10.0 Å². The predicted octanol–water partition coefficient (Wildman–Crippen LogP) is 1.49. The first-order valence-corrected chi connectivity index (χ1v) is 10.1. The van der Waals surface area contributed by atoms with Gasteiger partial charge in [-0.3, -0.25) is 24.8 Å². The molecule has 0 radical (unpaired) electrons. The lowest BCUT2D eigenvalue weighted by Gasteiger charge is -2.09. The van der Waals surface area contributed by atoms with E-state index in [-0.39, 0.29) is 44.2 Å². The Morgan fingerprint density at radius 2 is 1.62 bits per heavy atom. The molecule has 32 heavy (non-hydrogen) atoms. The molecule has 0 saturated carbocycles. The summed E-state index contributed by atoms with van der Waals surface area (Å²) in [5.74, 6) is -0.131. The Bertz CT molecular complexity index is 1640. The van der Waals surface area contributed by atoms with Gasteiger partial charge in [-0.25, -0.2) is 23.5 Å². The first kappa shape index (κ1) is 20.6. The van der Waals surface area contributed by atoms with E-state index in [0.29, 0.717) is 0 Å². The lowest BCUT2D eigenvalue weighted by atomic mass is 10.2. The summed E-state index contributed by atoms with van der Waals surface area (Å²) in [4.78, 5) is 28.9. The van der Waals surface area contributed by atoms with E-state index >= 15 is 0 Å². The van der Waals surface area contributed by atoms with E-state index in [1.165, 1.54) is 28.8 Å². The van der Waals surface area contributed by atoms with Gasteiger partial charge in [0.15, 0.2) is 5.65 Å². The summed E-state index contributed by atoms with van der Waals surface area (Å²) >= 11 is 0. The van der Waals surface area contributed by atoms with E-state index < -0.39 is 31.2 Å². The van der Waals surface area contributed by atoms with Crippen LogP contribution in [0.15, 0.2) is 41.3 Å². The van der Waals surface area contributed by atoms with Crippen molar-refractivity contribution >= 4 is 49.4 Å². The van der Waals surface area contributed by atoms with E-state index in [1.54, 1.807) is 0 Å². The average molecular weight is 454 g/mol. The van der Waals surface area contributed by atoms with Crippen molar-refractivity contribution in [3.05, 3.63) is 62.2 Å². The molecule has 4 N–H and O–H groups in total. The number of nitro groups is 2. The number of nitrogens with two attached hydrogens (primary N) is 2. The fourth-order valence-corrected chi connectivity index (χ4v) is 3.76. The Hall–Kier alpha value is -4.68. The van der Waals surface area contributed by atoms with E-state index in [1.807, 2.05) is 6.07 Å². The smallest absolute Gasteiger partial charge is 0.348 e. The van der Waals surface area contributed by atoms with Crippen molar-refractivity contribution in [2.24, 2.45) is 5.14 Å². The van der Waals surface area contributed by atoms with Crippen LogP contribution in [0.2, 0.25) is 0 Å². The summed E-state index contributed by atoms with van der Waals surface area (Å²) in [7, 11) is -4.05. The molecule has 0 bridgehead atoms. The van der Waals surface area contributed by atoms with Crippen molar-refractivity contribution in [3.8, 4) is 11.8 Å². The number of sulfonamides is 1. The van der Waals surface area contributed by atoms with Crippen LogP contribution < -0.4 is 10.9 Å². The molecular formula is C17H10N8O6S. The van der Waals surface area contributed by atoms with E-state index in [4.69, 9.17) is 10.9 Å². The minimum Gasteiger partial charge on any atom is -0.384 e. The summed E-state index contributed by atoms with van der Waals surface area (Å²) in [6.45, 7) is 0. The monoisotopic (exact) mass is 454 g/mol. The molecule has 0 aliphatic heterocycles. The molecule has 0 amide bonds. The summed E-state index contributed by atoms with van der Waals surface area (Å²) in [5, 5.41) is 37.2. The molecule has 2 aromatic heterocycles. The zero-order chi connectivity index (χ0) is 23.4. The van der Waals surface area contributed by atoms with Gasteiger partial charge in [0.2, 0.25) is 10.0 Å². The minimum atomic E-state index is -4.05. The number of primary sulfonamides is 1. The highest BCUT2D eigenvalue weighted by atomic mass is 32.2. The first-order chi connectivity index (χ1) is 15.0. The van der Waals surface area contributed by atoms with Crippen molar-refractivity contribution in [1.29, 1.82) is 5.26 Å². The summed E-state index contributed by atoms with van der Waals surface area (Å²) in [5.41, 5.74) is 4.41. The molecule has 15 heteroatoms. The maximum atomic E-state index is 11.7. The highest BCUT2D eigenvalue weighted by Crippen LogP contribution is 2.34. The zero-order valence-corrected chi connectivity index (χ0v) is 16.5. The molecule has 0 aliphatic carbocycles. The number of nitro benzene ring substituents is 2. The fourth-order valence-electron chi connectivity index (χ4n) is 3.21. The third-order valence-corrected chi connectivity index (χ3v) is 5.51. The highest BCUT2D eigenvalue weighted by molar-refractivity contribution is 7.89. The summed E-state index contributed by atoms with van der Waals surface area (Å²) in [6.07, 6.45) is 0. The number of aromatic nitrogens is 3. The van der Waals surface area contributed by atoms with Crippen molar-refractivity contribution in [3.63, 3.8) is 0 Å². The third kappa shape index (κ3) is 3.12. The first-order valence-electron chi connectivity index (χ1n) is 8.50. The lowest BCUT2D eigenvalue weighted by Crippen LogP contribution is -2.12. The molecule has 0 saturated heterocycles. The van der Waals surface area contributed by atoms with Gasteiger partial charge in [0.1, 0.15) is 23.0 Å². The van der Waals surface area contributed by atoms with Gasteiger partial charge in [0.25, 0.3) is 0 Å². The van der Waals surface area contributed by atoms with Gasteiger partial charge in [0.05, 0.1) is 43.6 Å². The number of benzene rings is 2. The number of nitriles is 1. The molecule has 0 spiro atoms. The van der Waals surface area contributed by atoms with Gasteiger partial charge in [-0.1, -0.05) is 6.07 Å². The predicted molar refractivity (Wildman–Crippen MR) is 110 cm³/mol. The molecule has 0 fully saturated rings. The van der Waals surface area contributed by atoms with Crippen LogP contribution in [0.25, 0.3) is 27.9 Å². The summed E-state index contributed by atoms with van der Waals surface area (Å²) < 4.78 is 24.7.